The molecule has 2 rings (SSSR count). The van der Waals surface area contributed by atoms with Crippen molar-refractivity contribution < 1.29 is 0 Å². The maximum atomic E-state index is 4.60. The van der Waals surface area contributed by atoms with Gasteiger partial charge in [0, 0.05) is 20.1 Å². The summed E-state index contributed by atoms with van der Waals surface area (Å²) < 4.78 is 1.97. The zero-order valence-corrected chi connectivity index (χ0v) is 15.2. The number of hydrogen-bond donors (Lipinski definition) is 2. The van der Waals surface area contributed by atoms with Gasteiger partial charge in [-0.3, -0.25) is 0 Å². The lowest BCUT2D eigenvalue weighted by molar-refractivity contribution is 0.472. The van der Waals surface area contributed by atoms with Crippen molar-refractivity contribution in [3.63, 3.8) is 0 Å². The second-order valence-electron chi connectivity index (χ2n) is 6.63. The number of rotatable bonds is 9. The molecule has 0 aromatic carbocycles. The fourth-order valence-corrected chi connectivity index (χ4v) is 3.15. The van der Waals surface area contributed by atoms with Crippen LogP contribution in [0.4, 0.5) is 0 Å². The van der Waals surface area contributed by atoms with Crippen molar-refractivity contribution in [3.05, 3.63) is 24.3 Å². The van der Waals surface area contributed by atoms with Crippen LogP contribution >= 0.6 is 0 Å². The predicted molar refractivity (Wildman–Crippen MR) is 98.9 cm³/mol. The maximum Gasteiger partial charge on any atom is 0.191 e. The van der Waals surface area contributed by atoms with Crippen molar-refractivity contribution in [3.8, 4) is 0 Å². The molecule has 0 unspecified atom stereocenters. The van der Waals surface area contributed by atoms with Crippen LogP contribution in [0.25, 0.3) is 0 Å². The zero-order chi connectivity index (χ0) is 17.2. The van der Waals surface area contributed by atoms with Gasteiger partial charge >= 0.3 is 0 Å². The third-order valence-corrected chi connectivity index (χ3v) is 4.78. The number of hydrogen-bond acceptors (Lipinski definition) is 3. The van der Waals surface area contributed by atoms with Gasteiger partial charge in [-0.15, -0.1) is 16.8 Å². The van der Waals surface area contributed by atoms with Crippen LogP contribution in [0.15, 0.2) is 17.6 Å². The molecule has 0 atom stereocenters. The quantitative estimate of drug-likeness (QED) is 0.316. The third-order valence-electron chi connectivity index (χ3n) is 4.78. The van der Waals surface area contributed by atoms with E-state index < -0.39 is 0 Å². The molecule has 0 radical (unpaired) electrons. The molecule has 6 heteroatoms. The molecular weight excluding hydrogens is 300 g/mol. The molecule has 0 aliphatic heterocycles. The number of guanidine groups is 1. The Balaban J connectivity index is 1.73. The first kappa shape index (κ1) is 18.5. The highest BCUT2D eigenvalue weighted by molar-refractivity contribution is 5.79. The van der Waals surface area contributed by atoms with Crippen molar-refractivity contribution in [1.82, 2.24) is 25.4 Å². The fourth-order valence-electron chi connectivity index (χ4n) is 3.15. The Bertz CT molecular complexity index is 528. The number of aryl methyl sites for hydroxylation is 1. The van der Waals surface area contributed by atoms with Gasteiger partial charge in [0.15, 0.2) is 11.8 Å². The molecule has 0 saturated heterocycles. The lowest BCUT2D eigenvalue weighted by Gasteiger charge is -2.12. The minimum absolute atomic E-state index is 0.520. The second kappa shape index (κ2) is 10.1. The van der Waals surface area contributed by atoms with Gasteiger partial charge in [-0.2, -0.15) is 0 Å². The van der Waals surface area contributed by atoms with Gasteiger partial charge in [-0.05, 0) is 19.3 Å². The average molecular weight is 332 g/mol. The molecule has 6 nitrogen and oxygen atoms in total. The van der Waals surface area contributed by atoms with Crippen molar-refractivity contribution in [1.29, 1.82) is 0 Å². The number of unbranched alkanes of at least 4 members (excludes halogenated alkanes) is 1. The van der Waals surface area contributed by atoms with Gasteiger partial charge in [0.1, 0.15) is 12.4 Å². The molecule has 2 N–H and O–H groups in total. The summed E-state index contributed by atoms with van der Waals surface area (Å²) >= 11 is 0. The van der Waals surface area contributed by atoms with Crippen LogP contribution in [0.2, 0.25) is 0 Å². The zero-order valence-electron chi connectivity index (χ0n) is 15.2. The van der Waals surface area contributed by atoms with Crippen molar-refractivity contribution in [2.45, 2.75) is 58.4 Å². The minimum atomic E-state index is 0.520. The summed E-state index contributed by atoms with van der Waals surface area (Å²) in [5.74, 6) is 3.57. The molecule has 0 bridgehead atoms. The molecule has 1 fully saturated rings. The van der Waals surface area contributed by atoms with E-state index in [0.29, 0.717) is 13.1 Å². The molecule has 1 aromatic heterocycles. The Morgan fingerprint density at radius 1 is 1.29 bits per heavy atom. The molecule has 0 spiro atoms. The maximum absolute atomic E-state index is 4.60. The van der Waals surface area contributed by atoms with E-state index >= 15 is 0 Å². The number of aliphatic imine (C=N–C) groups is 1. The van der Waals surface area contributed by atoms with Crippen molar-refractivity contribution in [2.75, 3.05) is 13.1 Å². The van der Waals surface area contributed by atoms with E-state index in [2.05, 4.69) is 32.4 Å². The molecule has 1 heterocycles. The Morgan fingerprint density at radius 2 is 2.08 bits per heavy atom. The predicted octanol–water partition coefficient (Wildman–Crippen LogP) is 2.71. The Kier molecular flexibility index (Phi) is 7.79. The van der Waals surface area contributed by atoms with Crippen LogP contribution in [0.5, 0.6) is 0 Å². The van der Waals surface area contributed by atoms with Gasteiger partial charge in [-0.1, -0.05) is 44.6 Å². The third kappa shape index (κ3) is 5.98. The summed E-state index contributed by atoms with van der Waals surface area (Å²) in [5, 5.41) is 14.9. The smallest absolute Gasteiger partial charge is 0.191 e. The molecule has 0 amide bonds. The highest BCUT2D eigenvalue weighted by Gasteiger charge is 2.13. The summed E-state index contributed by atoms with van der Waals surface area (Å²) in [4.78, 5) is 4.60. The fraction of sp³-hybridized carbons (Fsp3) is 0.722. The Morgan fingerprint density at radius 3 is 2.75 bits per heavy atom. The normalized spacial score (nSPS) is 15.7. The summed E-state index contributed by atoms with van der Waals surface area (Å²) in [6.45, 7) is 7.87. The summed E-state index contributed by atoms with van der Waals surface area (Å²) in [7, 11) is 1.97. The summed E-state index contributed by atoms with van der Waals surface area (Å²) in [6.07, 6.45) is 11.5. The van der Waals surface area contributed by atoms with Crippen LogP contribution in [-0.4, -0.2) is 33.8 Å². The number of nitrogens with one attached hydrogen (secondary N) is 2. The minimum Gasteiger partial charge on any atom is -0.356 e. The van der Waals surface area contributed by atoms with E-state index in [1.54, 1.807) is 0 Å². The Labute approximate surface area is 145 Å². The first-order chi connectivity index (χ1) is 11.7. The highest BCUT2D eigenvalue weighted by Crippen LogP contribution is 2.28. The van der Waals surface area contributed by atoms with E-state index in [4.69, 9.17) is 0 Å². The lowest BCUT2D eigenvalue weighted by Crippen LogP contribution is -2.38. The van der Waals surface area contributed by atoms with Gasteiger partial charge in [0.05, 0.1) is 0 Å². The molecule has 1 aliphatic carbocycles. The summed E-state index contributed by atoms with van der Waals surface area (Å²) in [6, 6.07) is 0. The van der Waals surface area contributed by atoms with E-state index in [9.17, 15) is 0 Å². The molecule has 134 valence electrons. The highest BCUT2D eigenvalue weighted by atomic mass is 15.3. The van der Waals surface area contributed by atoms with Crippen LogP contribution in [-0.2, 0) is 13.6 Å². The van der Waals surface area contributed by atoms with Crippen molar-refractivity contribution in [2.24, 2.45) is 18.0 Å². The SMILES string of the molecule is C=CCNC(=NCc1nnc(C)n1C)NCCCCC1CCCC1. The van der Waals surface area contributed by atoms with E-state index in [1.807, 2.05) is 24.6 Å². The topological polar surface area (TPSA) is 67.1 Å². The van der Waals surface area contributed by atoms with Gasteiger partial charge in [0.2, 0.25) is 0 Å². The van der Waals surface area contributed by atoms with Crippen LogP contribution < -0.4 is 10.6 Å². The van der Waals surface area contributed by atoms with Crippen LogP contribution in [0, 0.1) is 12.8 Å². The second-order valence-corrected chi connectivity index (χ2v) is 6.63. The van der Waals surface area contributed by atoms with E-state index in [1.165, 1.54) is 44.9 Å². The van der Waals surface area contributed by atoms with Crippen molar-refractivity contribution >= 4 is 5.96 Å². The van der Waals surface area contributed by atoms with Gasteiger partial charge in [-0.25, -0.2) is 4.99 Å². The monoisotopic (exact) mass is 332 g/mol. The van der Waals surface area contributed by atoms with Gasteiger partial charge in [0.25, 0.3) is 0 Å². The average Bonchev–Trinajstić information content (AvgIpc) is 3.21. The van der Waals surface area contributed by atoms with Crippen LogP contribution in [0.1, 0.15) is 56.6 Å². The molecule has 1 aromatic rings. The van der Waals surface area contributed by atoms with Gasteiger partial charge < -0.3 is 15.2 Å². The number of aromatic nitrogens is 3. The number of nitrogens with zero attached hydrogens (tertiary/aromatic N) is 4. The van der Waals surface area contributed by atoms with E-state index in [0.717, 1.165) is 30.1 Å². The molecular formula is C18H32N6. The Hall–Kier alpha value is -1.85. The molecule has 24 heavy (non-hydrogen) atoms. The largest absolute Gasteiger partial charge is 0.356 e. The molecule has 1 aliphatic rings. The van der Waals surface area contributed by atoms with Crippen LogP contribution in [0.3, 0.4) is 0 Å². The van der Waals surface area contributed by atoms with E-state index in [-0.39, 0.29) is 0 Å². The first-order valence-electron chi connectivity index (χ1n) is 9.18. The first-order valence-corrected chi connectivity index (χ1v) is 9.18. The lowest BCUT2D eigenvalue weighted by atomic mass is 10.0. The molecule has 1 saturated carbocycles. The standard InChI is InChI=1S/C18H32N6/c1-4-12-19-18(21-14-17-23-22-15(2)24(17)3)20-13-8-7-11-16-9-5-6-10-16/h4,16H,1,5-14H2,2-3H3,(H2,19,20,21). The summed E-state index contributed by atoms with van der Waals surface area (Å²) in [5.41, 5.74) is 0.